The standard InChI is InChI=1S/C33H45FN6O/c1-22-18-39(33(5)11-13-37(14-12-33)25(4)30-23(2)35-21-36-24(30)3)15-16-40(22)31(27-7-6-8-29(34)17-27)28-19-38(20-28)32(41)26-9-10-26/h6-8,17,21-22,26,28,31H,4,9-16,18-20H2,1-3,5H3. The van der Waals surface area contributed by atoms with Crippen LogP contribution in [0.15, 0.2) is 37.2 Å². The molecule has 2 atom stereocenters. The molecule has 4 fully saturated rings. The molecule has 4 heterocycles. The first-order valence-corrected chi connectivity index (χ1v) is 15.4. The lowest BCUT2D eigenvalue weighted by Gasteiger charge is -2.55. The molecule has 1 saturated carbocycles. The Hall–Kier alpha value is -2.84. The van der Waals surface area contributed by atoms with Crippen molar-refractivity contribution >= 4 is 11.6 Å². The Labute approximate surface area is 244 Å². The Balaban J connectivity index is 1.11. The van der Waals surface area contributed by atoms with E-state index in [1.165, 1.54) is 6.07 Å². The van der Waals surface area contributed by atoms with Crippen LogP contribution < -0.4 is 0 Å². The molecular weight excluding hydrogens is 515 g/mol. The van der Waals surface area contributed by atoms with Gasteiger partial charge < -0.3 is 9.80 Å². The van der Waals surface area contributed by atoms with E-state index in [-0.39, 0.29) is 23.3 Å². The number of nitrogens with zero attached hydrogens (tertiary/aromatic N) is 6. The Kier molecular flexibility index (Phi) is 7.66. The number of likely N-dealkylation sites (tertiary alicyclic amines) is 2. The van der Waals surface area contributed by atoms with Gasteiger partial charge in [0.2, 0.25) is 5.91 Å². The van der Waals surface area contributed by atoms with E-state index >= 15 is 0 Å². The number of piperazine rings is 1. The number of amides is 1. The maximum Gasteiger partial charge on any atom is 0.225 e. The number of carbonyl (C=O) groups excluding carboxylic acids is 1. The molecule has 0 N–H and O–H groups in total. The number of hydrogen-bond acceptors (Lipinski definition) is 6. The highest BCUT2D eigenvalue weighted by atomic mass is 19.1. The quantitative estimate of drug-likeness (QED) is 0.491. The van der Waals surface area contributed by atoms with Crippen molar-refractivity contribution in [2.24, 2.45) is 11.8 Å². The normalized spacial score (nSPS) is 24.7. The molecule has 1 aliphatic carbocycles. The maximum absolute atomic E-state index is 14.4. The van der Waals surface area contributed by atoms with Crippen LogP contribution in [0.3, 0.4) is 0 Å². The highest BCUT2D eigenvalue weighted by Gasteiger charge is 2.46. The number of carbonyl (C=O) groups is 1. The van der Waals surface area contributed by atoms with Crippen molar-refractivity contribution < 1.29 is 9.18 Å². The third-order valence-corrected chi connectivity index (χ3v) is 10.3. The molecule has 1 aromatic carbocycles. The molecule has 0 radical (unpaired) electrons. The van der Waals surface area contributed by atoms with Crippen LogP contribution in [0.25, 0.3) is 5.70 Å². The summed E-state index contributed by atoms with van der Waals surface area (Å²) in [6, 6.07) is 7.60. The van der Waals surface area contributed by atoms with Gasteiger partial charge in [0, 0.05) is 86.5 Å². The lowest BCUT2D eigenvalue weighted by Crippen LogP contribution is -2.64. The topological polar surface area (TPSA) is 55.8 Å². The monoisotopic (exact) mass is 560 g/mol. The van der Waals surface area contributed by atoms with Crippen LogP contribution >= 0.6 is 0 Å². The summed E-state index contributed by atoms with van der Waals surface area (Å²) in [6.07, 6.45) is 5.87. The van der Waals surface area contributed by atoms with E-state index in [0.29, 0.717) is 17.9 Å². The molecule has 41 heavy (non-hydrogen) atoms. The molecule has 3 saturated heterocycles. The molecule has 2 unspecified atom stereocenters. The summed E-state index contributed by atoms with van der Waals surface area (Å²) < 4.78 is 14.4. The van der Waals surface area contributed by atoms with Gasteiger partial charge in [-0.1, -0.05) is 18.7 Å². The Morgan fingerprint density at radius 2 is 1.71 bits per heavy atom. The van der Waals surface area contributed by atoms with Crippen molar-refractivity contribution in [3.8, 4) is 0 Å². The molecule has 7 nitrogen and oxygen atoms in total. The predicted molar refractivity (Wildman–Crippen MR) is 159 cm³/mol. The van der Waals surface area contributed by atoms with E-state index in [1.54, 1.807) is 12.4 Å². The first-order chi connectivity index (χ1) is 19.6. The molecule has 220 valence electrons. The molecular formula is C33H45FN6O. The van der Waals surface area contributed by atoms with Gasteiger partial charge in [0.15, 0.2) is 0 Å². The van der Waals surface area contributed by atoms with Gasteiger partial charge in [0.05, 0.1) is 11.4 Å². The summed E-state index contributed by atoms with van der Waals surface area (Å²) in [5.74, 6) is 0.734. The molecule has 1 aromatic heterocycles. The Morgan fingerprint density at radius 3 is 2.32 bits per heavy atom. The smallest absolute Gasteiger partial charge is 0.225 e. The summed E-state index contributed by atoms with van der Waals surface area (Å²) in [5, 5.41) is 0. The molecule has 1 amide bonds. The number of benzene rings is 1. The van der Waals surface area contributed by atoms with Gasteiger partial charge in [0.25, 0.3) is 0 Å². The minimum absolute atomic E-state index is 0.128. The SMILES string of the molecule is C=C(c1c(C)ncnc1C)N1CCC(C)(N2CCN(C(c3cccc(F)c3)C3CN(C(=O)C4CC4)C3)C(C)C2)CC1. The van der Waals surface area contributed by atoms with Crippen LogP contribution in [0, 0.1) is 31.5 Å². The second-order valence-corrected chi connectivity index (χ2v) is 13.2. The fourth-order valence-corrected chi connectivity index (χ4v) is 7.52. The number of hydrogen-bond donors (Lipinski definition) is 0. The first kappa shape index (κ1) is 28.3. The number of rotatable bonds is 7. The van der Waals surface area contributed by atoms with Crippen LogP contribution in [0.4, 0.5) is 4.39 Å². The largest absolute Gasteiger partial charge is 0.371 e. The number of aryl methyl sites for hydroxylation is 2. The zero-order chi connectivity index (χ0) is 28.9. The van der Waals surface area contributed by atoms with Crippen molar-refractivity contribution in [3.63, 3.8) is 0 Å². The van der Waals surface area contributed by atoms with Crippen molar-refractivity contribution in [2.45, 2.75) is 71.0 Å². The van der Waals surface area contributed by atoms with Gasteiger partial charge in [-0.05, 0) is 71.1 Å². The third kappa shape index (κ3) is 5.53. The van der Waals surface area contributed by atoms with Crippen molar-refractivity contribution in [2.75, 3.05) is 45.8 Å². The van der Waals surface area contributed by atoms with Gasteiger partial charge in [0.1, 0.15) is 12.1 Å². The molecule has 6 rings (SSSR count). The van der Waals surface area contributed by atoms with Crippen molar-refractivity contribution in [1.29, 1.82) is 0 Å². The second-order valence-electron chi connectivity index (χ2n) is 13.2. The fourth-order valence-electron chi connectivity index (χ4n) is 7.52. The van der Waals surface area contributed by atoms with Gasteiger partial charge in [-0.25, -0.2) is 14.4 Å². The van der Waals surface area contributed by atoms with Crippen LogP contribution in [-0.2, 0) is 4.79 Å². The van der Waals surface area contributed by atoms with Crippen LogP contribution in [0.5, 0.6) is 0 Å². The van der Waals surface area contributed by atoms with E-state index in [1.807, 2.05) is 24.8 Å². The van der Waals surface area contributed by atoms with Gasteiger partial charge in [-0.2, -0.15) is 0 Å². The molecule has 0 bridgehead atoms. The first-order valence-electron chi connectivity index (χ1n) is 15.4. The zero-order valence-electron chi connectivity index (χ0n) is 25.2. The minimum atomic E-state index is -0.183. The third-order valence-electron chi connectivity index (χ3n) is 10.3. The predicted octanol–water partition coefficient (Wildman–Crippen LogP) is 4.67. The zero-order valence-corrected chi connectivity index (χ0v) is 25.2. The van der Waals surface area contributed by atoms with Gasteiger partial charge in [-0.15, -0.1) is 0 Å². The Morgan fingerprint density at radius 1 is 1.02 bits per heavy atom. The summed E-state index contributed by atoms with van der Waals surface area (Å²) in [6.45, 7) is 19.7. The van der Waals surface area contributed by atoms with Crippen molar-refractivity contribution in [1.82, 2.24) is 29.6 Å². The highest BCUT2D eigenvalue weighted by Crippen LogP contribution is 2.42. The average Bonchev–Trinajstić information content (AvgIpc) is 3.76. The fraction of sp³-hybridized carbons (Fsp3) is 0.606. The number of piperidine rings is 1. The minimum Gasteiger partial charge on any atom is -0.371 e. The summed E-state index contributed by atoms with van der Waals surface area (Å²) in [7, 11) is 0. The van der Waals surface area contributed by atoms with E-state index in [9.17, 15) is 9.18 Å². The van der Waals surface area contributed by atoms with E-state index in [2.05, 4.69) is 51.2 Å². The van der Waals surface area contributed by atoms with E-state index in [0.717, 1.165) is 99.7 Å². The number of aromatic nitrogens is 2. The summed E-state index contributed by atoms with van der Waals surface area (Å²) in [4.78, 5) is 31.2. The maximum atomic E-state index is 14.4. The lowest BCUT2D eigenvalue weighted by atomic mass is 9.82. The van der Waals surface area contributed by atoms with Crippen LogP contribution in [0.2, 0.25) is 0 Å². The summed E-state index contributed by atoms with van der Waals surface area (Å²) >= 11 is 0. The molecule has 0 spiro atoms. The van der Waals surface area contributed by atoms with E-state index < -0.39 is 0 Å². The molecule has 3 aliphatic heterocycles. The average molecular weight is 561 g/mol. The van der Waals surface area contributed by atoms with Gasteiger partial charge in [-0.3, -0.25) is 14.6 Å². The van der Waals surface area contributed by atoms with Crippen LogP contribution in [-0.4, -0.2) is 92.9 Å². The second kappa shape index (κ2) is 11.1. The van der Waals surface area contributed by atoms with Crippen LogP contribution in [0.1, 0.15) is 68.1 Å². The highest BCUT2D eigenvalue weighted by molar-refractivity contribution is 5.81. The van der Waals surface area contributed by atoms with Crippen molar-refractivity contribution in [3.05, 3.63) is 65.5 Å². The molecule has 2 aromatic rings. The lowest BCUT2D eigenvalue weighted by molar-refractivity contribution is -0.142. The molecule has 8 heteroatoms. The van der Waals surface area contributed by atoms with E-state index in [4.69, 9.17) is 0 Å². The number of halogens is 1. The summed E-state index contributed by atoms with van der Waals surface area (Å²) in [5.41, 5.74) is 5.26. The Bertz CT molecular complexity index is 1280. The molecule has 4 aliphatic rings. The van der Waals surface area contributed by atoms with Gasteiger partial charge >= 0.3 is 0 Å².